The van der Waals surface area contributed by atoms with Crippen molar-refractivity contribution in [2.24, 2.45) is 0 Å². The lowest BCUT2D eigenvalue weighted by Crippen LogP contribution is -2.41. The summed E-state index contributed by atoms with van der Waals surface area (Å²) < 4.78 is 5.47. The topological polar surface area (TPSA) is 42.4 Å². The van der Waals surface area contributed by atoms with Gasteiger partial charge in [0, 0.05) is 13.0 Å². The lowest BCUT2D eigenvalue weighted by molar-refractivity contribution is 0.0162. The first kappa shape index (κ1) is 14.3. The molecule has 0 fully saturated rings. The van der Waals surface area contributed by atoms with Gasteiger partial charge < -0.3 is 9.64 Å². The summed E-state index contributed by atoms with van der Waals surface area (Å²) in [6.45, 7) is 10.5. The average molecular weight is 282 g/mol. The lowest BCUT2D eigenvalue weighted by atomic mass is 10.1. The third kappa shape index (κ3) is 3.08. The first-order valence-electron chi connectivity index (χ1n) is 6.80. The molecule has 0 aliphatic carbocycles. The van der Waals surface area contributed by atoms with Crippen LogP contribution in [0.2, 0.25) is 0 Å². The Hall–Kier alpha value is -1.10. The van der Waals surface area contributed by atoms with Crippen LogP contribution in [0.25, 0.3) is 0 Å². The SMILES string of the molecule is CCc1nc2c(s1)[C@@H](C)N(C(=O)OC(C)(C)C)CC2. The molecule has 106 valence electrons. The molecule has 2 heterocycles. The van der Waals surface area contributed by atoms with Crippen LogP contribution in [-0.4, -0.2) is 28.1 Å². The van der Waals surface area contributed by atoms with Gasteiger partial charge in [0.2, 0.25) is 0 Å². The highest BCUT2D eigenvalue weighted by Gasteiger charge is 2.33. The number of thiazole rings is 1. The summed E-state index contributed by atoms with van der Waals surface area (Å²) >= 11 is 1.72. The first-order valence-corrected chi connectivity index (χ1v) is 7.61. The zero-order chi connectivity index (χ0) is 14.2. The van der Waals surface area contributed by atoms with Gasteiger partial charge in [-0.25, -0.2) is 9.78 Å². The van der Waals surface area contributed by atoms with Crippen molar-refractivity contribution in [2.75, 3.05) is 6.54 Å². The molecular formula is C14H22N2O2S. The molecule has 19 heavy (non-hydrogen) atoms. The minimum absolute atomic E-state index is 0.0661. The Labute approximate surface area is 118 Å². The van der Waals surface area contributed by atoms with E-state index in [4.69, 9.17) is 4.74 Å². The van der Waals surface area contributed by atoms with E-state index in [0.717, 1.165) is 23.5 Å². The quantitative estimate of drug-likeness (QED) is 0.791. The Balaban J connectivity index is 2.16. The van der Waals surface area contributed by atoms with E-state index < -0.39 is 5.60 Å². The Kier molecular flexibility index (Phi) is 3.85. The van der Waals surface area contributed by atoms with Crippen LogP contribution in [0, 0.1) is 0 Å². The average Bonchev–Trinajstić information content (AvgIpc) is 2.71. The third-order valence-electron chi connectivity index (χ3n) is 3.14. The second kappa shape index (κ2) is 5.12. The van der Waals surface area contributed by atoms with Gasteiger partial charge in [-0.15, -0.1) is 11.3 Å². The maximum atomic E-state index is 12.2. The van der Waals surface area contributed by atoms with Crippen molar-refractivity contribution >= 4 is 17.4 Å². The number of carbonyl (C=O) groups excluding carboxylic acids is 1. The normalized spacial score (nSPS) is 19.2. The number of aromatic nitrogens is 1. The Morgan fingerprint density at radius 3 is 2.79 bits per heavy atom. The van der Waals surface area contributed by atoms with Gasteiger partial charge in [-0.1, -0.05) is 6.92 Å². The van der Waals surface area contributed by atoms with E-state index in [0.29, 0.717) is 6.54 Å². The molecule has 1 amide bonds. The minimum atomic E-state index is -0.445. The molecule has 0 N–H and O–H groups in total. The number of carbonyl (C=O) groups is 1. The maximum absolute atomic E-state index is 12.2. The summed E-state index contributed by atoms with van der Waals surface area (Å²) in [6.07, 6.45) is 1.56. The minimum Gasteiger partial charge on any atom is -0.444 e. The van der Waals surface area contributed by atoms with Gasteiger partial charge in [0.25, 0.3) is 0 Å². The van der Waals surface area contributed by atoms with Gasteiger partial charge in [-0.2, -0.15) is 0 Å². The molecule has 4 nitrogen and oxygen atoms in total. The van der Waals surface area contributed by atoms with Crippen LogP contribution in [0.3, 0.4) is 0 Å². The van der Waals surface area contributed by atoms with Gasteiger partial charge in [-0.3, -0.25) is 0 Å². The van der Waals surface area contributed by atoms with Crippen LogP contribution in [0.4, 0.5) is 4.79 Å². The van der Waals surface area contributed by atoms with Gasteiger partial charge in [0.05, 0.1) is 21.6 Å². The molecule has 0 bridgehead atoms. The van der Waals surface area contributed by atoms with E-state index in [1.165, 1.54) is 4.88 Å². The highest BCUT2D eigenvalue weighted by Crippen LogP contribution is 2.34. The summed E-state index contributed by atoms with van der Waals surface area (Å²) in [5.41, 5.74) is 0.716. The molecule has 0 spiro atoms. The molecule has 0 saturated carbocycles. The largest absolute Gasteiger partial charge is 0.444 e. The molecule has 0 unspecified atom stereocenters. The number of hydrogen-bond acceptors (Lipinski definition) is 4. The van der Waals surface area contributed by atoms with E-state index in [9.17, 15) is 4.79 Å². The Bertz CT molecular complexity index is 476. The van der Waals surface area contributed by atoms with Crippen molar-refractivity contribution in [3.8, 4) is 0 Å². The molecule has 0 saturated heterocycles. The highest BCUT2D eigenvalue weighted by atomic mass is 32.1. The number of aryl methyl sites for hydroxylation is 1. The van der Waals surface area contributed by atoms with Crippen molar-refractivity contribution in [1.29, 1.82) is 0 Å². The second-order valence-corrected chi connectivity index (χ2v) is 6.99. The Morgan fingerprint density at radius 2 is 2.21 bits per heavy atom. The van der Waals surface area contributed by atoms with Crippen LogP contribution in [-0.2, 0) is 17.6 Å². The summed E-state index contributed by atoms with van der Waals surface area (Å²) in [4.78, 5) is 19.9. The highest BCUT2D eigenvalue weighted by molar-refractivity contribution is 7.11. The van der Waals surface area contributed by atoms with Gasteiger partial charge in [-0.05, 0) is 34.1 Å². The van der Waals surface area contributed by atoms with Crippen LogP contribution in [0.5, 0.6) is 0 Å². The standard InChI is InChI=1S/C14H22N2O2S/c1-6-11-15-10-7-8-16(9(2)12(10)19-11)13(17)18-14(3,4)5/h9H,6-8H2,1-5H3/t9-/m1/s1. The number of amides is 1. The van der Waals surface area contributed by atoms with Crippen molar-refractivity contribution in [3.05, 3.63) is 15.6 Å². The lowest BCUT2D eigenvalue weighted by Gasteiger charge is -2.34. The van der Waals surface area contributed by atoms with E-state index in [1.54, 1.807) is 11.3 Å². The zero-order valence-corrected chi connectivity index (χ0v) is 13.1. The smallest absolute Gasteiger partial charge is 0.410 e. The molecule has 1 aromatic rings. The van der Waals surface area contributed by atoms with Crippen molar-refractivity contribution in [1.82, 2.24) is 9.88 Å². The van der Waals surface area contributed by atoms with Crippen LogP contribution >= 0.6 is 11.3 Å². The molecule has 1 aliphatic rings. The fourth-order valence-electron chi connectivity index (χ4n) is 2.20. The van der Waals surface area contributed by atoms with Crippen LogP contribution in [0.1, 0.15) is 56.2 Å². The zero-order valence-electron chi connectivity index (χ0n) is 12.3. The van der Waals surface area contributed by atoms with Crippen molar-refractivity contribution < 1.29 is 9.53 Å². The van der Waals surface area contributed by atoms with Crippen molar-refractivity contribution in [2.45, 2.75) is 59.1 Å². The predicted octanol–water partition coefficient (Wildman–Crippen LogP) is 3.56. The number of rotatable bonds is 1. The van der Waals surface area contributed by atoms with Crippen LogP contribution in [0.15, 0.2) is 0 Å². The Morgan fingerprint density at radius 1 is 1.53 bits per heavy atom. The summed E-state index contributed by atoms with van der Waals surface area (Å²) in [6, 6.07) is 0.0661. The maximum Gasteiger partial charge on any atom is 0.410 e. The molecule has 1 aromatic heterocycles. The molecule has 1 atom stereocenters. The number of nitrogens with zero attached hydrogens (tertiary/aromatic N) is 2. The van der Waals surface area contributed by atoms with Gasteiger partial charge in [0.15, 0.2) is 0 Å². The number of hydrogen-bond donors (Lipinski definition) is 0. The van der Waals surface area contributed by atoms with E-state index in [-0.39, 0.29) is 12.1 Å². The fourth-order valence-corrected chi connectivity index (χ4v) is 3.32. The molecule has 1 aliphatic heterocycles. The molecular weight excluding hydrogens is 260 g/mol. The van der Waals surface area contributed by atoms with E-state index >= 15 is 0 Å². The second-order valence-electron chi connectivity index (χ2n) is 5.87. The van der Waals surface area contributed by atoms with Gasteiger partial charge >= 0.3 is 6.09 Å². The van der Waals surface area contributed by atoms with Gasteiger partial charge in [0.1, 0.15) is 5.60 Å². The summed E-state index contributed by atoms with van der Waals surface area (Å²) in [7, 11) is 0. The van der Waals surface area contributed by atoms with Crippen LogP contribution < -0.4 is 0 Å². The fraction of sp³-hybridized carbons (Fsp3) is 0.714. The van der Waals surface area contributed by atoms with E-state index in [2.05, 4.69) is 18.8 Å². The molecule has 2 rings (SSSR count). The number of ether oxygens (including phenoxy) is 1. The summed E-state index contributed by atoms with van der Waals surface area (Å²) in [5.74, 6) is 0. The third-order valence-corrected chi connectivity index (χ3v) is 4.55. The molecule has 5 heteroatoms. The summed E-state index contributed by atoms with van der Waals surface area (Å²) in [5, 5.41) is 1.16. The van der Waals surface area contributed by atoms with Crippen molar-refractivity contribution in [3.63, 3.8) is 0 Å². The predicted molar refractivity (Wildman–Crippen MR) is 76.6 cm³/mol. The number of fused-ring (bicyclic) bond motifs is 1. The first-order chi connectivity index (χ1) is 8.81. The monoisotopic (exact) mass is 282 g/mol. The molecule has 0 radical (unpaired) electrons. The molecule has 0 aromatic carbocycles. The van der Waals surface area contributed by atoms with E-state index in [1.807, 2.05) is 25.7 Å².